The fourth-order valence-electron chi connectivity index (χ4n) is 1.99. The van der Waals surface area contributed by atoms with Gasteiger partial charge in [-0.15, -0.1) is 0 Å². The van der Waals surface area contributed by atoms with Crippen LogP contribution in [0.15, 0.2) is 36.7 Å². The number of amides is 1. The summed E-state index contributed by atoms with van der Waals surface area (Å²) >= 11 is 8.49. The second kappa shape index (κ2) is 8.61. The molecule has 0 unspecified atom stereocenters. The Morgan fingerprint density at radius 1 is 1.35 bits per heavy atom. The van der Waals surface area contributed by atoms with E-state index in [1.165, 1.54) is 0 Å². The molecule has 0 spiro atoms. The molecule has 0 saturated carbocycles. The summed E-state index contributed by atoms with van der Waals surface area (Å²) in [5.41, 5.74) is 4.78. The van der Waals surface area contributed by atoms with Gasteiger partial charge in [0.1, 0.15) is 0 Å². The largest absolute Gasteiger partial charge is 0.275 e. The molecule has 0 aliphatic rings. The van der Waals surface area contributed by atoms with Crippen molar-refractivity contribution in [2.75, 3.05) is 6.61 Å². The summed E-state index contributed by atoms with van der Waals surface area (Å²) in [5, 5.41) is 0.683. The van der Waals surface area contributed by atoms with E-state index in [0.29, 0.717) is 29.5 Å². The Balaban J connectivity index is 2.15. The number of benzene rings is 1. The summed E-state index contributed by atoms with van der Waals surface area (Å²) in [6.07, 6.45) is 3.82. The Morgan fingerprint density at radius 3 is 2.83 bits per heavy atom. The number of hydrogen-bond acceptors (Lipinski definition) is 3. The van der Waals surface area contributed by atoms with Crippen molar-refractivity contribution in [2.24, 2.45) is 5.92 Å². The lowest BCUT2D eigenvalue weighted by Gasteiger charge is -2.11. The van der Waals surface area contributed by atoms with Crippen molar-refractivity contribution in [1.82, 2.24) is 10.5 Å². The first kappa shape index (κ1) is 18.2. The predicted octanol–water partition coefficient (Wildman–Crippen LogP) is 4.25. The van der Waals surface area contributed by atoms with E-state index in [2.05, 4.69) is 33.1 Å². The minimum Gasteiger partial charge on any atom is -0.273 e. The van der Waals surface area contributed by atoms with Crippen LogP contribution in [-0.2, 0) is 11.3 Å². The summed E-state index contributed by atoms with van der Waals surface area (Å²) in [6, 6.07) is 7.54. The van der Waals surface area contributed by atoms with Gasteiger partial charge in [-0.25, -0.2) is 5.48 Å². The minimum atomic E-state index is -0.273. The normalized spacial score (nSPS) is 10.8. The van der Waals surface area contributed by atoms with Crippen LogP contribution < -0.4 is 5.48 Å². The van der Waals surface area contributed by atoms with Crippen molar-refractivity contribution < 1.29 is 9.63 Å². The number of hydroxylamine groups is 1. The highest BCUT2D eigenvalue weighted by atomic mass is 127. The molecule has 122 valence electrons. The zero-order chi connectivity index (χ0) is 16.8. The molecule has 0 radical (unpaired) electrons. The van der Waals surface area contributed by atoms with Gasteiger partial charge in [-0.1, -0.05) is 31.5 Å². The molecule has 1 heterocycles. The van der Waals surface area contributed by atoms with Crippen molar-refractivity contribution in [2.45, 2.75) is 20.3 Å². The molecule has 0 aliphatic carbocycles. The van der Waals surface area contributed by atoms with E-state index in [1.807, 2.05) is 32.0 Å². The summed E-state index contributed by atoms with van der Waals surface area (Å²) in [4.78, 5) is 21.6. The third-order valence-corrected chi connectivity index (χ3v) is 4.15. The van der Waals surface area contributed by atoms with Crippen molar-refractivity contribution in [3.63, 3.8) is 0 Å². The number of nitrogens with one attached hydrogen (secondary N) is 1. The second-order valence-electron chi connectivity index (χ2n) is 5.58. The molecule has 0 atom stereocenters. The lowest BCUT2D eigenvalue weighted by Crippen LogP contribution is -2.26. The Bertz CT molecular complexity index is 692. The molecule has 0 fully saturated rings. The van der Waals surface area contributed by atoms with Gasteiger partial charge in [-0.05, 0) is 57.8 Å². The van der Waals surface area contributed by atoms with Crippen LogP contribution in [-0.4, -0.2) is 17.5 Å². The molecular formula is C17H18ClIN2O2. The maximum absolute atomic E-state index is 12.3. The molecule has 0 saturated heterocycles. The van der Waals surface area contributed by atoms with E-state index >= 15 is 0 Å². The molecule has 0 aliphatic heterocycles. The molecule has 23 heavy (non-hydrogen) atoms. The Kier molecular flexibility index (Phi) is 6.80. The van der Waals surface area contributed by atoms with Gasteiger partial charge in [0.2, 0.25) is 0 Å². The number of rotatable bonds is 6. The van der Waals surface area contributed by atoms with Crippen molar-refractivity contribution >= 4 is 40.1 Å². The first-order chi connectivity index (χ1) is 11.0. The van der Waals surface area contributed by atoms with Crippen molar-refractivity contribution in [1.29, 1.82) is 0 Å². The van der Waals surface area contributed by atoms with Crippen LogP contribution in [0.1, 0.15) is 35.3 Å². The third kappa shape index (κ3) is 5.44. The highest BCUT2D eigenvalue weighted by Crippen LogP contribution is 2.23. The first-order valence-corrected chi connectivity index (χ1v) is 8.72. The third-order valence-electron chi connectivity index (χ3n) is 3.13. The Morgan fingerprint density at radius 2 is 2.13 bits per heavy atom. The van der Waals surface area contributed by atoms with E-state index in [-0.39, 0.29) is 5.91 Å². The highest BCUT2D eigenvalue weighted by Gasteiger charge is 2.13. The number of nitrogens with zero attached hydrogens (tertiary/aromatic N) is 1. The van der Waals surface area contributed by atoms with Gasteiger partial charge in [0.05, 0.1) is 6.61 Å². The number of hydrogen-bond donors (Lipinski definition) is 1. The van der Waals surface area contributed by atoms with Gasteiger partial charge < -0.3 is 0 Å². The van der Waals surface area contributed by atoms with Gasteiger partial charge >= 0.3 is 0 Å². The molecule has 2 rings (SSSR count). The lowest BCUT2D eigenvalue weighted by molar-refractivity contribution is 0.0208. The molecular weight excluding hydrogens is 427 g/mol. The highest BCUT2D eigenvalue weighted by molar-refractivity contribution is 14.1. The van der Waals surface area contributed by atoms with E-state index in [1.54, 1.807) is 18.5 Å². The lowest BCUT2D eigenvalue weighted by atomic mass is 10.0. The van der Waals surface area contributed by atoms with Crippen LogP contribution in [0.3, 0.4) is 0 Å². The summed E-state index contributed by atoms with van der Waals surface area (Å²) in [7, 11) is 0. The Labute approximate surface area is 154 Å². The van der Waals surface area contributed by atoms with E-state index in [4.69, 9.17) is 16.4 Å². The van der Waals surface area contributed by atoms with Crippen molar-refractivity contribution in [3.8, 4) is 0 Å². The number of carbonyl (C=O) groups is 1. The zero-order valence-electron chi connectivity index (χ0n) is 13.0. The molecule has 2 aromatic rings. The number of carbonyl (C=O) groups excluding carboxylic acids is 1. The molecule has 4 nitrogen and oxygen atoms in total. The summed E-state index contributed by atoms with van der Waals surface area (Å²) < 4.78 is 1.07. The van der Waals surface area contributed by atoms with Crippen LogP contribution in [0.4, 0.5) is 0 Å². The van der Waals surface area contributed by atoms with Crippen LogP contribution in [0.5, 0.6) is 0 Å². The summed E-state index contributed by atoms with van der Waals surface area (Å²) in [6.45, 7) is 4.50. The SMILES string of the molecule is CC(C)CONC(=O)c1ccncc1Cc1ccc(I)cc1Cl. The average Bonchev–Trinajstić information content (AvgIpc) is 2.50. The minimum absolute atomic E-state index is 0.273. The van der Waals surface area contributed by atoms with Crippen LogP contribution in [0, 0.1) is 9.49 Å². The van der Waals surface area contributed by atoms with Gasteiger partial charge in [-0.3, -0.25) is 14.6 Å². The molecule has 1 aromatic heterocycles. The second-order valence-corrected chi connectivity index (χ2v) is 7.23. The Hall–Kier alpha value is -1.18. The summed E-state index contributed by atoms with van der Waals surface area (Å²) in [5.74, 6) is 0.0718. The fraction of sp³-hybridized carbons (Fsp3) is 0.294. The smallest absolute Gasteiger partial charge is 0.273 e. The quantitative estimate of drug-likeness (QED) is 0.535. The zero-order valence-corrected chi connectivity index (χ0v) is 15.9. The van der Waals surface area contributed by atoms with E-state index in [9.17, 15) is 4.79 Å². The standard InChI is InChI=1S/C17H18ClIN2O2/c1-11(2)10-23-21-17(22)15-5-6-20-9-13(15)7-12-3-4-14(19)8-16(12)18/h3-6,8-9,11H,7,10H2,1-2H3,(H,21,22). The average molecular weight is 445 g/mol. The molecule has 6 heteroatoms. The fourth-order valence-corrected chi connectivity index (χ4v) is 2.91. The van der Waals surface area contributed by atoms with E-state index < -0.39 is 0 Å². The maximum Gasteiger partial charge on any atom is 0.275 e. The topological polar surface area (TPSA) is 51.2 Å². The van der Waals surface area contributed by atoms with Gasteiger partial charge in [-0.2, -0.15) is 0 Å². The molecule has 0 bridgehead atoms. The number of aromatic nitrogens is 1. The number of halogens is 2. The van der Waals surface area contributed by atoms with Crippen molar-refractivity contribution in [3.05, 3.63) is 61.9 Å². The molecule has 1 aromatic carbocycles. The van der Waals surface area contributed by atoms with Crippen LogP contribution in [0.2, 0.25) is 5.02 Å². The van der Waals surface area contributed by atoms with Gasteiger partial charge in [0.25, 0.3) is 5.91 Å². The van der Waals surface area contributed by atoms with Gasteiger partial charge in [0, 0.05) is 33.0 Å². The monoisotopic (exact) mass is 444 g/mol. The first-order valence-electron chi connectivity index (χ1n) is 7.26. The van der Waals surface area contributed by atoms with Crippen LogP contribution in [0.25, 0.3) is 0 Å². The predicted molar refractivity (Wildman–Crippen MR) is 99.5 cm³/mol. The van der Waals surface area contributed by atoms with Gasteiger partial charge in [0.15, 0.2) is 0 Å². The number of pyridine rings is 1. The van der Waals surface area contributed by atoms with Crippen LogP contribution >= 0.6 is 34.2 Å². The van der Waals surface area contributed by atoms with E-state index in [0.717, 1.165) is 14.7 Å². The molecule has 1 N–H and O–H groups in total. The molecule has 1 amide bonds. The maximum atomic E-state index is 12.3.